The number of halogens is 2. The molecule has 0 atom stereocenters. The Morgan fingerprint density at radius 2 is 1.85 bits per heavy atom. The monoisotopic (exact) mass is 398 g/mol. The van der Waals surface area contributed by atoms with Gasteiger partial charge in [0.05, 0.1) is 17.2 Å². The Labute approximate surface area is 156 Å². The first-order chi connectivity index (χ1) is 12.7. The topological polar surface area (TPSA) is 84.5 Å². The second-order valence-corrected chi connectivity index (χ2v) is 7.47. The molecule has 0 heterocycles. The van der Waals surface area contributed by atoms with Crippen molar-refractivity contribution >= 4 is 21.6 Å². The van der Waals surface area contributed by atoms with Gasteiger partial charge < -0.3 is 10.1 Å². The van der Waals surface area contributed by atoms with Crippen LogP contribution in [0.1, 0.15) is 18.9 Å². The average Bonchev–Trinajstić information content (AvgIpc) is 2.59. The Kier molecular flexibility index (Phi) is 6.86. The number of carbonyl (C=O) groups is 1. The maximum absolute atomic E-state index is 13.2. The van der Waals surface area contributed by atoms with Crippen LogP contribution in [-0.2, 0) is 14.8 Å². The van der Waals surface area contributed by atoms with Crippen molar-refractivity contribution in [1.29, 1.82) is 0 Å². The lowest BCUT2D eigenvalue weighted by molar-refractivity contribution is -0.116. The number of hydrogen-bond acceptors (Lipinski definition) is 4. The molecular weight excluding hydrogens is 378 g/mol. The van der Waals surface area contributed by atoms with Crippen molar-refractivity contribution in [3.8, 4) is 5.75 Å². The van der Waals surface area contributed by atoms with E-state index in [-0.39, 0.29) is 13.0 Å². The highest BCUT2D eigenvalue weighted by atomic mass is 32.2. The molecule has 0 aliphatic carbocycles. The predicted octanol–water partition coefficient (Wildman–Crippen LogP) is 2.98. The predicted molar refractivity (Wildman–Crippen MR) is 97.1 cm³/mol. The van der Waals surface area contributed by atoms with Gasteiger partial charge in [0, 0.05) is 13.0 Å². The zero-order valence-electron chi connectivity index (χ0n) is 14.9. The van der Waals surface area contributed by atoms with Crippen molar-refractivity contribution < 1.29 is 26.7 Å². The van der Waals surface area contributed by atoms with Crippen LogP contribution in [0.25, 0.3) is 0 Å². The minimum absolute atomic E-state index is 0.150. The molecule has 2 rings (SSSR count). The molecule has 1 amide bonds. The summed E-state index contributed by atoms with van der Waals surface area (Å²) in [6.45, 7) is 3.94. The molecule has 6 nitrogen and oxygen atoms in total. The second-order valence-electron chi connectivity index (χ2n) is 5.70. The molecule has 0 unspecified atom stereocenters. The van der Waals surface area contributed by atoms with Gasteiger partial charge in [-0.2, -0.15) is 0 Å². The zero-order chi connectivity index (χ0) is 20.0. The van der Waals surface area contributed by atoms with E-state index >= 15 is 0 Å². The molecule has 0 saturated heterocycles. The van der Waals surface area contributed by atoms with Crippen LogP contribution < -0.4 is 14.8 Å². The smallest absolute Gasteiger partial charge is 0.240 e. The summed E-state index contributed by atoms with van der Waals surface area (Å²) >= 11 is 0. The number of rotatable bonds is 8. The normalized spacial score (nSPS) is 11.3. The number of hydrogen-bond donors (Lipinski definition) is 2. The summed E-state index contributed by atoms with van der Waals surface area (Å²) in [6, 6.07) is 7.54. The van der Waals surface area contributed by atoms with Crippen LogP contribution in [0.5, 0.6) is 5.75 Å². The number of ether oxygens (including phenoxy) is 1. The maximum Gasteiger partial charge on any atom is 0.240 e. The average molecular weight is 398 g/mol. The number of sulfonamides is 1. The van der Waals surface area contributed by atoms with Crippen molar-refractivity contribution in [1.82, 2.24) is 4.72 Å². The maximum atomic E-state index is 13.2. The van der Waals surface area contributed by atoms with Crippen LogP contribution in [0.15, 0.2) is 41.3 Å². The number of benzene rings is 2. The lowest BCUT2D eigenvalue weighted by atomic mass is 10.2. The van der Waals surface area contributed by atoms with E-state index in [0.29, 0.717) is 24.1 Å². The standard InChI is InChI=1S/C18H20F2N2O4S/c1-3-26-17-10-12(2)4-7-16(17)22-18(23)8-9-21-27(24,25)13-5-6-14(19)15(20)11-13/h4-7,10-11,21H,3,8-9H2,1-2H3,(H,22,23). The zero-order valence-corrected chi connectivity index (χ0v) is 15.7. The minimum atomic E-state index is -4.05. The summed E-state index contributed by atoms with van der Waals surface area (Å²) in [5.74, 6) is -2.31. The van der Waals surface area contributed by atoms with Gasteiger partial charge in [-0.05, 0) is 49.7 Å². The molecule has 2 aromatic carbocycles. The Hall–Kier alpha value is -2.52. The SMILES string of the molecule is CCOc1cc(C)ccc1NC(=O)CCNS(=O)(=O)c1ccc(F)c(F)c1. The minimum Gasteiger partial charge on any atom is -0.492 e. The van der Waals surface area contributed by atoms with E-state index in [2.05, 4.69) is 10.0 Å². The van der Waals surface area contributed by atoms with Crippen LogP contribution >= 0.6 is 0 Å². The van der Waals surface area contributed by atoms with E-state index in [9.17, 15) is 22.0 Å². The molecule has 0 radical (unpaired) electrons. The number of carbonyl (C=O) groups excluding carboxylic acids is 1. The van der Waals surface area contributed by atoms with Gasteiger partial charge in [0.2, 0.25) is 15.9 Å². The third-order valence-corrected chi connectivity index (χ3v) is 5.02. The van der Waals surface area contributed by atoms with Gasteiger partial charge in [0.15, 0.2) is 11.6 Å². The second kappa shape index (κ2) is 8.92. The molecular formula is C18H20F2N2O4S. The largest absolute Gasteiger partial charge is 0.492 e. The first-order valence-corrected chi connectivity index (χ1v) is 9.69. The summed E-state index contributed by atoms with van der Waals surface area (Å²) in [6.07, 6.45) is -0.150. The molecule has 0 saturated carbocycles. The van der Waals surface area contributed by atoms with Crippen LogP contribution in [0.2, 0.25) is 0 Å². The summed E-state index contributed by atoms with van der Waals surface area (Å²) < 4.78 is 57.9. The van der Waals surface area contributed by atoms with E-state index in [1.54, 1.807) is 12.1 Å². The van der Waals surface area contributed by atoms with E-state index in [4.69, 9.17) is 4.74 Å². The van der Waals surface area contributed by atoms with Gasteiger partial charge in [-0.1, -0.05) is 6.07 Å². The summed E-state index contributed by atoms with van der Waals surface area (Å²) in [5, 5.41) is 2.66. The van der Waals surface area contributed by atoms with Gasteiger partial charge in [0.1, 0.15) is 5.75 Å². The van der Waals surface area contributed by atoms with E-state index in [1.807, 2.05) is 19.9 Å². The molecule has 146 valence electrons. The van der Waals surface area contributed by atoms with Crippen LogP contribution in [0.4, 0.5) is 14.5 Å². The Morgan fingerprint density at radius 3 is 2.52 bits per heavy atom. The highest BCUT2D eigenvalue weighted by Crippen LogP contribution is 2.25. The molecule has 2 N–H and O–H groups in total. The van der Waals surface area contributed by atoms with Crippen molar-refractivity contribution in [2.45, 2.75) is 25.2 Å². The first-order valence-electron chi connectivity index (χ1n) is 8.21. The molecule has 0 aliphatic heterocycles. The number of amides is 1. The van der Waals surface area contributed by atoms with E-state index < -0.39 is 32.5 Å². The highest BCUT2D eigenvalue weighted by molar-refractivity contribution is 7.89. The lowest BCUT2D eigenvalue weighted by Crippen LogP contribution is -2.28. The van der Waals surface area contributed by atoms with Crippen molar-refractivity contribution in [2.75, 3.05) is 18.5 Å². The summed E-state index contributed by atoms with van der Waals surface area (Å²) in [5.41, 5.74) is 1.45. The van der Waals surface area contributed by atoms with Gasteiger partial charge in [-0.3, -0.25) is 4.79 Å². The number of anilines is 1. The number of aryl methyl sites for hydroxylation is 1. The van der Waals surface area contributed by atoms with Gasteiger partial charge in [-0.15, -0.1) is 0 Å². The first kappa shape index (κ1) is 20.8. The van der Waals surface area contributed by atoms with Crippen molar-refractivity contribution in [3.63, 3.8) is 0 Å². The van der Waals surface area contributed by atoms with Crippen molar-refractivity contribution in [2.24, 2.45) is 0 Å². The highest BCUT2D eigenvalue weighted by Gasteiger charge is 2.17. The van der Waals surface area contributed by atoms with Crippen LogP contribution in [0, 0.1) is 18.6 Å². The van der Waals surface area contributed by atoms with Gasteiger partial charge >= 0.3 is 0 Å². The van der Waals surface area contributed by atoms with Gasteiger partial charge in [-0.25, -0.2) is 21.9 Å². The van der Waals surface area contributed by atoms with Crippen LogP contribution in [-0.4, -0.2) is 27.5 Å². The number of nitrogens with one attached hydrogen (secondary N) is 2. The Bertz CT molecular complexity index is 933. The molecule has 27 heavy (non-hydrogen) atoms. The molecule has 0 bridgehead atoms. The van der Waals surface area contributed by atoms with E-state index in [0.717, 1.165) is 17.7 Å². The Balaban J connectivity index is 1.95. The Morgan fingerprint density at radius 1 is 1.11 bits per heavy atom. The molecule has 2 aromatic rings. The molecule has 0 aromatic heterocycles. The van der Waals surface area contributed by atoms with Crippen LogP contribution in [0.3, 0.4) is 0 Å². The third kappa shape index (κ3) is 5.73. The van der Waals surface area contributed by atoms with E-state index in [1.165, 1.54) is 0 Å². The molecule has 0 aliphatic rings. The molecule has 9 heteroatoms. The fraction of sp³-hybridized carbons (Fsp3) is 0.278. The lowest BCUT2D eigenvalue weighted by Gasteiger charge is -2.12. The molecule has 0 spiro atoms. The van der Waals surface area contributed by atoms with Crippen molar-refractivity contribution in [3.05, 3.63) is 53.6 Å². The fourth-order valence-corrected chi connectivity index (χ4v) is 3.29. The quantitative estimate of drug-likeness (QED) is 0.716. The fourth-order valence-electron chi connectivity index (χ4n) is 2.25. The summed E-state index contributed by atoms with van der Waals surface area (Å²) in [7, 11) is -4.05. The van der Waals surface area contributed by atoms with Gasteiger partial charge in [0.25, 0.3) is 0 Å². The third-order valence-electron chi connectivity index (χ3n) is 3.56. The molecule has 0 fully saturated rings. The summed E-state index contributed by atoms with van der Waals surface area (Å²) in [4.78, 5) is 11.6.